The minimum Gasteiger partial charge on any atom is -0.385 e. The smallest absolute Gasteiger partial charge is 0.251 e. The highest BCUT2D eigenvalue weighted by Gasteiger charge is 2.25. The van der Waals surface area contributed by atoms with Crippen LogP contribution in [-0.4, -0.2) is 47.9 Å². The minimum atomic E-state index is 0.201. The van der Waals surface area contributed by atoms with Crippen molar-refractivity contribution in [3.8, 4) is 0 Å². The first-order chi connectivity index (χ1) is 12.6. The zero-order valence-electron chi connectivity index (χ0n) is 16.3. The van der Waals surface area contributed by atoms with E-state index in [0.717, 1.165) is 55.9 Å². The van der Waals surface area contributed by atoms with Crippen molar-refractivity contribution in [2.75, 3.05) is 26.2 Å². The number of piperidine rings is 1. The van der Waals surface area contributed by atoms with Gasteiger partial charge in [-0.25, -0.2) is 0 Å². The number of rotatable bonds is 5. The third kappa shape index (κ3) is 4.14. The van der Waals surface area contributed by atoms with Crippen LogP contribution in [0.1, 0.15) is 46.5 Å². The second kappa shape index (κ2) is 8.47. The fourth-order valence-electron chi connectivity index (χ4n) is 3.86. The van der Waals surface area contributed by atoms with Gasteiger partial charge in [-0.3, -0.25) is 4.79 Å². The third-order valence-corrected chi connectivity index (χ3v) is 5.19. The summed E-state index contributed by atoms with van der Waals surface area (Å²) >= 11 is 0. The Morgan fingerprint density at radius 1 is 1.31 bits per heavy atom. The van der Waals surface area contributed by atoms with E-state index in [4.69, 9.17) is 0 Å². The molecule has 0 bridgehead atoms. The van der Waals surface area contributed by atoms with Crippen LogP contribution >= 0.6 is 0 Å². The maximum Gasteiger partial charge on any atom is 0.251 e. The molecule has 0 aliphatic carbocycles. The van der Waals surface area contributed by atoms with Gasteiger partial charge in [0.25, 0.3) is 5.91 Å². The van der Waals surface area contributed by atoms with Crippen molar-refractivity contribution in [1.29, 1.82) is 0 Å². The molecular formula is C21H32N4O. The molecule has 0 aromatic rings. The highest BCUT2D eigenvalue weighted by Crippen LogP contribution is 2.24. The van der Waals surface area contributed by atoms with Crippen molar-refractivity contribution in [2.45, 2.75) is 52.5 Å². The Bertz CT molecular complexity index is 653. The summed E-state index contributed by atoms with van der Waals surface area (Å²) in [6.07, 6.45) is 13.0. The van der Waals surface area contributed by atoms with Gasteiger partial charge in [0.2, 0.25) is 0 Å². The lowest BCUT2D eigenvalue weighted by atomic mass is 10.0. The lowest BCUT2D eigenvalue weighted by Gasteiger charge is -2.35. The molecule has 1 saturated heterocycles. The van der Waals surface area contributed by atoms with Gasteiger partial charge < -0.3 is 20.4 Å². The van der Waals surface area contributed by atoms with Gasteiger partial charge in [0.05, 0.1) is 0 Å². The van der Waals surface area contributed by atoms with Gasteiger partial charge >= 0.3 is 0 Å². The number of hydrogen-bond donors (Lipinski definition) is 2. The molecule has 0 spiro atoms. The van der Waals surface area contributed by atoms with Gasteiger partial charge in [-0.1, -0.05) is 6.92 Å². The highest BCUT2D eigenvalue weighted by atomic mass is 16.2. The third-order valence-electron chi connectivity index (χ3n) is 5.19. The number of nitrogens with one attached hydrogen (secondary N) is 2. The Morgan fingerprint density at radius 2 is 2.08 bits per heavy atom. The molecule has 1 fully saturated rings. The molecular weight excluding hydrogens is 324 g/mol. The standard InChI is InChI=1S/C21H32N4O/c1-4-10-25(19-8-9-22-17(3)14-19)20-16(2)13-18(15-23-20)21(26)24-11-6-5-7-12-24/h8-9,13-14,17,22-23H,4-7,10-12,15H2,1-3H3. The molecule has 0 aromatic heterocycles. The zero-order chi connectivity index (χ0) is 18.5. The molecule has 0 saturated carbocycles. The fourth-order valence-corrected chi connectivity index (χ4v) is 3.86. The molecule has 3 heterocycles. The molecule has 0 radical (unpaired) electrons. The summed E-state index contributed by atoms with van der Waals surface area (Å²) < 4.78 is 0. The summed E-state index contributed by atoms with van der Waals surface area (Å²) in [5.74, 6) is 1.32. The van der Waals surface area contributed by atoms with Gasteiger partial charge in [-0.05, 0) is 69.5 Å². The Kier molecular flexibility index (Phi) is 6.07. The van der Waals surface area contributed by atoms with Gasteiger partial charge in [0.1, 0.15) is 5.82 Å². The number of carbonyl (C=O) groups excluding carboxylic acids is 1. The molecule has 0 aromatic carbocycles. The number of nitrogens with zero attached hydrogens (tertiary/aromatic N) is 2. The van der Waals surface area contributed by atoms with Gasteiger partial charge in [0.15, 0.2) is 0 Å². The largest absolute Gasteiger partial charge is 0.385 e. The molecule has 1 unspecified atom stereocenters. The molecule has 3 rings (SSSR count). The Balaban J connectivity index is 1.81. The van der Waals surface area contributed by atoms with Crippen molar-refractivity contribution in [2.24, 2.45) is 0 Å². The van der Waals surface area contributed by atoms with E-state index in [-0.39, 0.29) is 5.91 Å². The summed E-state index contributed by atoms with van der Waals surface area (Å²) in [6, 6.07) is 0.325. The topological polar surface area (TPSA) is 47.6 Å². The Labute approximate surface area is 157 Å². The Morgan fingerprint density at radius 3 is 2.73 bits per heavy atom. The van der Waals surface area contributed by atoms with Crippen molar-refractivity contribution in [3.05, 3.63) is 47.1 Å². The molecule has 3 aliphatic rings. The summed E-state index contributed by atoms with van der Waals surface area (Å²) in [5.41, 5.74) is 3.22. The molecule has 1 amide bonds. The number of dihydropyridines is 2. The maximum atomic E-state index is 12.8. The van der Waals surface area contributed by atoms with E-state index >= 15 is 0 Å². The lowest BCUT2D eigenvalue weighted by molar-refractivity contribution is -0.128. The van der Waals surface area contributed by atoms with Crippen LogP contribution in [0.3, 0.4) is 0 Å². The molecule has 5 heteroatoms. The van der Waals surface area contributed by atoms with E-state index in [2.05, 4.69) is 54.5 Å². The molecule has 26 heavy (non-hydrogen) atoms. The van der Waals surface area contributed by atoms with Gasteiger partial charge in [-0.15, -0.1) is 0 Å². The van der Waals surface area contributed by atoms with Crippen LogP contribution in [0.2, 0.25) is 0 Å². The van der Waals surface area contributed by atoms with Gasteiger partial charge in [-0.2, -0.15) is 0 Å². The number of hydrogen-bond acceptors (Lipinski definition) is 4. The van der Waals surface area contributed by atoms with Crippen LogP contribution < -0.4 is 10.6 Å². The Hall–Kier alpha value is -2.17. The first kappa shape index (κ1) is 18.6. The normalized spacial score (nSPS) is 23.0. The number of likely N-dealkylation sites (tertiary alicyclic amines) is 1. The quantitative estimate of drug-likeness (QED) is 0.795. The van der Waals surface area contributed by atoms with E-state index in [1.165, 1.54) is 12.1 Å². The van der Waals surface area contributed by atoms with Crippen LogP contribution in [0.5, 0.6) is 0 Å². The summed E-state index contributed by atoms with van der Waals surface area (Å²) in [4.78, 5) is 17.1. The van der Waals surface area contributed by atoms with E-state index in [0.29, 0.717) is 12.6 Å². The van der Waals surface area contributed by atoms with Crippen LogP contribution in [0.4, 0.5) is 0 Å². The molecule has 3 aliphatic heterocycles. The summed E-state index contributed by atoms with van der Waals surface area (Å²) in [5, 5.41) is 6.83. The lowest BCUT2D eigenvalue weighted by Crippen LogP contribution is -2.42. The number of amides is 1. The maximum absolute atomic E-state index is 12.8. The van der Waals surface area contributed by atoms with Crippen LogP contribution in [-0.2, 0) is 4.79 Å². The second-order valence-corrected chi connectivity index (χ2v) is 7.44. The average molecular weight is 357 g/mol. The van der Waals surface area contributed by atoms with E-state index in [9.17, 15) is 4.79 Å². The second-order valence-electron chi connectivity index (χ2n) is 7.44. The van der Waals surface area contributed by atoms with Crippen molar-refractivity contribution in [1.82, 2.24) is 20.4 Å². The fraction of sp³-hybridized carbons (Fsp3) is 0.571. The monoisotopic (exact) mass is 356 g/mol. The predicted molar refractivity (Wildman–Crippen MR) is 106 cm³/mol. The van der Waals surface area contributed by atoms with Crippen LogP contribution in [0, 0.1) is 0 Å². The minimum absolute atomic E-state index is 0.201. The summed E-state index contributed by atoms with van der Waals surface area (Å²) in [7, 11) is 0. The SMILES string of the molecule is CCCN(C1=CC(C)NC=C1)C1=C(C)C=C(C(=O)N2CCCCC2)CN1. The van der Waals surface area contributed by atoms with Crippen molar-refractivity contribution in [3.63, 3.8) is 0 Å². The van der Waals surface area contributed by atoms with Crippen LogP contribution in [0.25, 0.3) is 0 Å². The molecule has 142 valence electrons. The molecule has 5 nitrogen and oxygen atoms in total. The average Bonchev–Trinajstić information content (AvgIpc) is 2.66. The first-order valence-corrected chi connectivity index (χ1v) is 9.96. The van der Waals surface area contributed by atoms with E-state index < -0.39 is 0 Å². The first-order valence-electron chi connectivity index (χ1n) is 9.96. The van der Waals surface area contributed by atoms with Crippen molar-refractivity contribution >= 4 is 5.91 Å². The van der Waals surface area contributed by atoms with Crippen LogP contribution in [0.15, 0.2) is 47.1 Å². The molecule has 1 atom stereocenters. The number of allylic oxidation sites excluding steroid dienone is 3. The van der Waals surface area contributed by atoms with Gasteiger partial charge in [0, 0.05) is 43.5 Å². The predicted octanol–water partition coefficient (Wildman–Crippen LogP) is 2.86. The van der Waals surface area contributed by atoms with E-state index in [1.54, 1.807) is 0 Å². The zero-order valence-corrected chi connectivity index (χ0v) is 16.3. The van der Waals surface area contributed by atoms with E-state index in [1.807, 2.05) is 11.1 Å². The summed E-state index contributed by atoms with van der Waals surface area (Å²) in [6.45, 7) is 9.80. The number of carbonyl (C=O) groups is 1. The van der Waals surface area contributed by atoms with Crippen molar-refractivity contribution < 1.29 is 4.79 Å². The highest BCUT2D eigenvalue weighted by molar-refractivity contribution is 5.94. The molecule has 2 N–H and O–H groups in total.